The van der Waals surface area contributed by atoms with Crippen molar-refractivity contribution in [1.82, 2.24) is 0 Å². The van der Waals surface area contributed by atoms with Crippen LogP contribution in [0.15, 0.2) is 12.2 Å². The Morgan fingerprint density at radius 2 is 2.19 bits per heavy atom. The van der Waals surface area contributed by atoms with Crippen molar-refractivity contribution in [3.63, 3.8) is 0 Å². The van der Waals surface area contributed by atoms with Crippen LogP contribution in [0.4, 0.5) is 0 Å². The van der Waals surface area contributed by atoms with E-state index in [1.54, 1.807) is 6.92 Å². The van der Waals surface area contributed by atoms with Gasteiger partial charge < -0.3 is 9.53 Å². The molecule has 3 heteroatoms. The Bertz CT molecular complexity index is 270. The van der Waals surface area contributed by atoms with Crippen LogP contribution in [-0.2, 0) is 14.3 Å². The lowest BCUT2D eigenvalue weighted by Gasteiger charge is -2.27. The molecule has 0 aromatic rings. The number of allylic oxidation sites excluding steroid dienone is 2. The molecule has 0 saturated heterocycles. The minimum atomic E-state index is -0.209. The maximum absolute atomic E-state index is 11.4. The van der Waals surface area contributed by atoms with Crippen LogP contribution in [0.1, 0.15) is 33.1 Å². The van der Waals surface area contributed by atoms with Gasteiger partial charge in [-0.1, -0.05) is 19.1 Å². The van der Waals surface area contributed by atoms with E-state index in [0.717, 1.165) is 19.1 Å². The van der Waals surface area contributed by atoms with E-state index in [1.165, 1.54) is 0 Å². The molecule has 3 nitrogen and oxygen atoms in total. The van der Waals surface area contributed by atoms with E-state index in [4.69, 9.17) is 4.74 Å². The van der Waals surface area contributed by atoms with Crippen LogP contribution in [-0.4, -0.2) is 18.9 Å². The van der Waals surface area contributed by atoms with E-state index in [0.29, 0.717) is 18.9 Å². The second-order valence-corrected chi connectivity index (χ2v) is 4.26. The first-order chi connectivity index (χ1) is 7.71. The van der Waals surface area contributed by atoms with Crippen molar-refractivity contribution in [3.05, 3.63) is 12.2 Å². The molecule has 3 unspecified atom stereocenters. The number of ether oxygens (including phenoxy) is 1. The Kier molecular flexibility index (Phi) is 5.23. The number of carbonyl (C=O) groups is 2. The summed E-state index contributed by atoms with van der Waals surface area (Å²) in [7, 11) is 0. The van der Waals surface area contributed by atoms with E-state index in [9.17, 15) is 9.59 Å². The van der Waals surface area contributed by atoms with Crippen molar-refractivity contribution < 1.29 is 14.3 Å². The monoisotopic (exact) mass is 224 g/mol. The number of carbonyl (C=O) groups excluding carboxylic acids is 2. The molecule has 16 heavy (non-hydrogen) atoms. The molecule has 0 bridgehead atoms. The number of hydrogen-bond acceptors (Lipinski definition) is 3. The van der Waals surface area contributed by atoms with Crippen molar-refractivity contribution in [2.45, 2.75) is 33.1 Å². The standard InChI is InChI=1S/C13H20O3/c1-3-10-5-6-11(12(7-10)9-14)8-13(15)16-4-2/h5-6,9-12H,3-4,7-8H2,1-2H3. The molecule has 0 fully saturated rings. The minimum absolute atomic E-state index is 0.0272. The Balaban J connectivity index is 2.57. The fourth-order valence-corrected chi connectivity index (χ4v) is 2.14. The van der Waals surface area contributed by atoms with Crippen LogP contribution >= 0.6 is 0 Å². The smallest absolute Gasteiger partial charge is 0.306 e. The van der Waals surface area contributed by atoms with Crippen LogP contribution < -0.4 is 0 Å². The Morgan fingerprint density at radius 3 is 2.75 bits per heavy atom. The van der Waals surface area contributed by atoms with Gasteiger partial charge in [0.05, 0.1) is 13.0 Å². The normalized spacial score (nSPS) is 28.8. The van der Waals surface area contributed by atoms with Gasteiger partial charge in [-0.25, -0.2) is 0 Å². The first kappa shape index (κ1) is 12.9. The third-order valence-corrected chi connectivity index (χ3v) is 3.16. The molecule has 0 heterocycles. The van der Waals surface area contributed by atoms with Crippen LogP contribution in [0.3, 0.4) is 0 Å². The predicted molar refractivity (Wildman–Crippen MR) is 61.8 cm³/mol. The second-order valence-electron chi connectivity index (χ2n) is 4.26. The van der Waals surface area contributed by atoms with Crippen LogP contribution in [0.2, 0.25) is 0 Å². The van der Waals surface area contributed by atoms with Crippen LogP contribution in [0.5, 0.6) is 0 Å². The predicted octanol–water partition coefficient (Wildman–Crippen LogP) is 2.36. The SMILES string of the molecule is CCOC(=O)CC1C=CC(CC)CC1C=O. The van der Waals surface area contributed by atoms with E-state index in [2.05, 4.69) is 13.0 Å². The van der Waals surface area contributed by atoms with Gasteiger partial charge in [0.15, 0.2) is 0 Å². The highest BCUT2D eigenvalue weighted by Gasteiger charge is 2.27. The molecule has 0 radical (unpaired) electrons. The molecule has 90 valence electrons. The van der Waals surface area contributed by atoms with Gasteiger partial charge in [-0.05, 0) is 31.6 Å². The fraction of sp³-hybridized carbons (Fsp3) is 0.692. The van der Waals surface area contributed by atoms with Crippen molar-refractivity contribution in [3.8, 4) is 0 Å². The van der Waals surface area contributed by atoms with Gasteiger partial charge in [-0.3, -0.25) is 4.79 Å². The lowest BCUT2D eigenvalue weighted by Crippen LogP contribution is -2.24. The lowest BCUT2D eigenvalue weighted by molar-refractivity contribution is -0.144. The summed E-state index contributed by atoms with van der Waals surface area (Å²) in [5, 5.41) is 0. The minimum Gasteiger partial charge on any atom is -0.466 e. The number of esters is 1. The van der Waals surface area contributed by atoms with Crippen molar-refractivity contribution in [1.29, 1.82) is 0 Å². The number of aldehydes is 1. The summed E-state index contributed by atoms with van der Waals surface area (Å²) < 4.78 is 4.90. The fourth-order valence-electron chi connectivity index (χ4n) is 2.14. The molecular formula is C13H20O3. The highest BCUT2D eigenvalue weighted by molar-refractivity contribution is 5.71. The molecule has 0 aromatic carbocycles. The zero-order valence-corrected chi connectivity index (χ0v) is 10.0. The second kappa shape index (κ2) is 6.46. The Hall–Kier alpha value is -1.12. The summed E-state index contributed by atoms with van der Waals surface area (Å²) in [6, 6.07) is 0. The van der Waals surface area contributed by atoms with Crippen LogP contribution in [0.25, 0.3) is 0 Å². The van der Waals surface area contributed by atoms with Gasteiger partial charge in [0.1, 0.15) is 6.29 Å². The van der Waals surface area contributed by atoms with E-state index >= 15 is 0 Å². The topological polar surface area (TPSA) is 43.4 Å². The third kappa shape index (κ3) is 3.47. The highest BCUT2D eigenvalue weighted by atomic mass is 16.5. The summed E-state index contributed by atoms with van der Waals surface area (Å²) in [6.07, 6.45) is 7.35. The average Bonchev–Trinajstić information content (AvgIpc) is 2.30. The maximum Gasteiger partial charge on any atom is 0.306 e. The first-order valence-electron chi connectivity index (χ1n) is 6.00. The van der Waals surface area contributed by atoms with E-state index in [-0.39, 0.29) is 17.8 Å². The van der Waals surface area contributed by atoms with Crippen molar-refractivity contribution in [2.24, 2.45) is 17.8 Å². The Morgan fingerprint density at radius 1 is 1.44 bits per heavy atom. The maximum atomic E-state index is 11.4. The summed E-state index contributed by atoms with van der Waals surface area (Å²) in [5.74, 6) is 0.270. The van der Waals surface area contributed by atoms with E-state index in [1.807, 2.05) is 6.08 Å². The first-order valence-corrected chi connectivity index (χ1v) is 6.00. The van der Waals surface area contributed by atoms with Gasteiger partial charge in [0.2, 0.25) is 0 Å². The molecule has 1 rings (SSSR count). The summed E-state index contributed by atoms with van der Waals surface area (Å²) >= 11 is 0. The highest BCUT2D eigenvalue weighted by Crippen LogP contribution is 2.31. The molecule has 0 spiro atoms. The van der Waals surface area contributed by atoms with Gasteiger partial charge in [0, 0.05) is 5.92 Å². The molecule has 0 aromatic heterocycles. The largest absolute Gasteiger partial charge is 0.466 e. The summed E-state index contributed by atoms with van der Waals surface area (Å²) in [5.41, 5.74) is 0. The number of rotatable bonds is 5. The van der Waals surface area contributed by atoms with Gasteiger partial charge >= 0.3 is 5.97 Å². The molecule has 1 aliphatic carbocycles. The molecule has 0 N–H and O–H groups in total. The van der Waals surface area contributed by atoms with Gasteiger partial charge in [0.25, 0.3) is 0 Å². The Labute approximate surface area is 96.9 Å². The zero-order chi connectivity index (χ0) is 12.0. The van der Waals surface area contributed by atoms with Crippen LogP contribution in [0, 0.1) is 17.8 Å². The van der Waals surface area contributed by atoms with Gasteiger partial charge in [-0.2, -0.15) is 0 Å². The molecule has 0 aliphatic heterocycles. The zero-order valence-electron chi connectivity index (χ0n) is 10.0. The summed E-state index contributed by atoms with van der Waals surface area (Å²) in [4.78, 5) is 22.3. The molecule has 0 saturated carbocycles. The molecule has 1 aliphatic rings. The van der Waals surface area contributed by atoms with Gasteiger partial charge in [-0.15, -0.1) is 0 Å². The van der Waals surface area contributed by atoms with Crippen molar-refractivity contribution >= 4 is 12.3 Å². The molecule has 3 atom stereocenters. The third-order valence-electron chi connectivity index (χ3n) is 3.16. The van der Waals surface area contributed by atoms with Crippen molar-refractivity contribution in [2.75, 3.05) is 6.61 Å². The number of hydrogen-bond donors (Lipinski definition) is 0. The summed E-state index contributed by atoms with van der Waals surface area (Å²) in [6.45, 7) is 4.31. The average molecular weight is 224 g/mol. The quantitative estimate of drug-likeness (QED) is 0.409. The molecular weight excluding hydrogens is 204 g/mol. The van der Waals surface area contributed by atoms with E-state index < -0.39 is 0 Å². The molecule has 0 amide bonds. The lowest BCUT2D eigenvalue weighted by atomic mass is 9.77.